The smallest absolute Gasteiger partial charge is 0.289 e. The Morgan fingerprint density at radius 1 is 1.00 bits per heavy atom. The van der Waals surface area contributed by atoms with E-state index in [1.165, 1.54) is 23.2 Å². The van der Waals surface area contributed by atoms with Crippen LogP contribution < -0.4 is 0 Å². The molecule has 2 fully saturated rings. The van der Waals surface area contributed by atoms with Crippen LogP contribution in [0.4, 0.5) is 0 Å². The molecule has 1 saturated carbocycles. The van der Waals surface area contributed by atoms with Gasteiger partial charge in [-0.05, 0) is 105 Å². The van der Waals surface area contributed by atoms with Crippen molar-refractivity contribution in [1.29, 1.82) is 0 Å². The summed E-state index contributed by atoms with van der Waals surface area (Å²) >= 11 is 1.53. The van der Waals surface area contributed by atoms with Gasteiger partial charge >= 0.3 is 0 Å². The number of hydrogen-bond acceptors (Lipinski definition) is 7. The topological polar surface area (TPSA) is 94.2 Å². The van der Waals surface area contributed by atoms with Crippen LogP contribution in [0.2, 0.25) is 0 Å². The molecular formula is C40H46N2O5S. The van der Waals surface area contributed by atoms with Gasteiger partial charge in [-0.3, -0.25) is 14.5 Å². The summed E-state index contributed by atoms with van der Waals surface area (Å²) < 4.78 is 6.44. The SMILES string of the molecule is CC1=CCC[C@@]2(C)[C@@H](CC[C@@]2(O)CN2CCN(C(=O)c3ccco3)CC2)c2ccc(cc2C(=O)c2cc3ccccc3s2)C[C@@H](O)CC1. The maximum atomic E-state index is 14.5. The zero-order valence-electron chi connectivity index (χ0n) is 28.0. The van der Waals surface area contributed by atoms with Gasteiger partial charge in [-0.2, -0.15) is 0 Å². The van der Waals surface area contributed by atoms with Crippen LogP contribution in [0.15, 0.2) is 83.0 Å². The first kappa shape index (κ1) is 33.0. The fraction of sp³-hybridized carbons (Fsp3) is 0.450. The molecule has 1 amide bonds. The van der Waals surface area contributed by atoms with Crippen LogP contribution >= 0.6 is 11.3 Å². The van der Waals surface area contributed by atoms with E-state index in [2.05, 4.69) is 43.0 Å². The maximum absolute atomic E-state index is 14.5. The van der Waals surface area contributed by atoms with E-state index >= 15 is 0 Å². The zero-order chi connectivity index (χ0) is 33.5. The lowest BCUT2D eigenvalue weighted by atomic mass is 9.64. The number of allylic oxidation sites excluding steroid dienone is 2. The molecule has 7 nitrogen and oxygen atoms in total. The highest BCUT2D eigenvalue weighted by Crippen LogP contribution is 2.59. The van der Waals surface area contributed by atoms with Crippen LogP contribution in [-0.2, 0) is 6.42 Å². The number of aliphatic hydroxyl groups excluding tert-OH is 1. The normalized spacial score (nSPS) is 27.1. The first-order valence-corrected chi connectivity index (χ1v) is 18.2. The molecule has 48 heavy (non-hydrogen) atoms. The number of furan rings is 1. The molecule has 1 aliphatic heterocycles. The number of carbonyl (C=O) groups excluding carboxylic acids is 2. The molecule has 2 bridgehead atoms. The Morgan fingerprint density at radius 3 is 2.58 bits per heavy atom. The number of carbonyl (C=O) groups is 2. The van der Waals surface area contributed by atoms with Crippen LogP contribution in [0.1, 0.15) is 95.2 Å². The van der Waals surface area contributed by atoms with E-state index in [9.17, 15) is 19.8 Å². The fourth-order valence-corrected chi connectivity index (χ4v) is 9.48. The van der Waals surface area contributed by atoms with Gasteiger partial charge in [-0.1, -0.05) is 48.9 Å². The second-order valence-electron chi connectivity index (χ2n) is 14.5. The Balaban J connectivity index is 1.21. The van der Waals surface area contributed by atoms with E-state index in [0.29, 0.717) is 68.2 Å². The highest BCUT2D eigenvalue weighted by Gasteiger charge is 2.57. The van der Waals surface area contributed by atoms with Gasteiger partial charge in [0.15, 0.2) is 5.76 Å². The number of hydrogen-bond donors (Lipinski definition) is 2. The Morgan fingerprint density at radius 2 is 1.81 bits per heavy atom. The Bertz CT molecular complexity index is 1790. The van der Waals surface area contributed by atoms with Crippen molar-refractivity contribution in [2.75, 3.05) is 32.7 Å². The number of thiophene rings is 1. The summed E-state index contributed by atoms with van der Waals surface area (Å²) in [5.74, 6) is 0.262. The minimum Gasteiger partial charge on any atom is -0.459 e. The number of benzene rings is 2. The number of amides is 1. The Labute approximate surface area is 286 Å². The molecule has 0 radical (unpaired) electrons. The molecule has 8 rings (SSSR count). The predicted octanol–water partition coefficient (Wildman–Crippen LogP) is 7.22. The van der Waals surface area contributed by atoms with Crippen molar-refractivity contribution in [3.63, 3.8) is 0 Å². The van der Waals surface area contributed by atoms with E-state index in [-0.39, 0.29) is 17.6 Å². The van der Waals surface area contributed by atoms with Crippen molar-refractivity contribution in [3.8, 4) is 0 Å². The average Bonchev–Trinajstić information content (AvgIpc) is 3.83. The molecule has 4 aliphatic rings. The van der Waals surface area contributed by atoms with Gasteiger partial charge in [0.25, 0.3) is 5.91 Å². The van der Waals surface area contributed by atoms with Gasteiger partial charge in [0.1, 0.15) is 0 Å². The summed E-state index contributed by atoms with van der Waals surface area (Å²) in [6.07, 6.45) is 8.33. The number of ketones is 1. The molecular weight excluding hydrogens is 621 g/mol. The van der Waals surface area contributed by atoms with Crippen molar-refractivity contribution in [2.24, 2.45) is 5.41 Å². The summed E-state index contributed by atoms with van der Waals surface area (Å²) in [6, 6.07) is 19.8. The summed E-state index contributed by atoms with van der Waals surface area (Å²) in [4.78, 5) is 32.2. The maximum Gasteiger partial charge on any atom is 0.289 e. The van der Waals surface area contributed by atoms with E-state index < -0.39 is 17.1 Å². The molecule has 1 saturated heterocycles. The number of piperazine rings is 1. The average molecular weight is 667 g/mol. The predicted molar refractivity (Wildman–Crippen MR) is 190 cm³/mol. The highest BCUT2D eigenvalue weighted by atomic mass is 32.1. The lowest BCUT2D eigenvalue weighted by Gasteiger charge is -2.47. The van der Waals surface area contributed by atoms with Crippen molar-refractivity contribution in [3.05, 3.63) is 106 Å². The van der Waals surface area contributed by atoms with Gasteiger partial charge < -0.3 is 19.5 Å². The van der Waals surface area contributed by atoms with Gasteiger partial charge in [-0.15, -0.1) is 11.3 Å². The molecule has 252 valence electrons. The number of aliphatic hydroxyl groups is 2. The molecule has 2 N–H and O–H groups in total. The van der Waals surface area contributed by atoms with Gasteiger partial charge in [0.2, 0.25) is 5.78 Å². The molecule has 2 aromatic heterocycles. The standard InChI is InChI=1S/C40H46N2O5S/c1-27-7-5-16-39(2)33(15-17-40(39,46)26-41-18-20-42(21-19-41)38(45)34-9-6-22-47-34)31-14-12-28(23-30(43)13-11-27)24-32(31)37(44)36-25-29-8-3-4-10-35(29)48-36/h3-4,6-10,12,14,22,24-25,30,33,43,46H,5,11,13,15-21,23,26H2,1-2H3/t30-,33-,39-,40+/m0/s1. The second kappa shape index (κ2) is 13.4. The van der Waals surface area contributed by atoms with Gasteiger partial charge in [0, 0.05) is 48.4 Å². The largest absolute Gasteiger partial charge is 0.459 e. The molecule has 2 aromatic carbocycles. The first-order chi connectivity index (χ1) is 23.1. The third-order valence-corrected chi connectivity index (χ3v) is 12.6. The van der Waals surface area contributed by atoms with Crippen molar-refractivity contribution < 1.29 is 24.2 Å². The Kier molecular flexibility index (Phi) is 9.20. The zero-order valence-corrected chi connectivity index (χ0v) is 28.8. The van der Waals surface area contributed by atoms with E-state index in [1.807, 2.05) is 35.2 Å². The second-order valence-corrected chi connectivity index (χ2v) is 15.6. The summed E-state index contributed by atoms with van der Waals surface area (Å²) in [7, 11) is 0. The molecule has 4 atom stereocenters. The summed E-state index contributed by atoms with van der Waals surface area (Å²) in [5, 5.41) is 24.8. The van der Waals surface area contributed by atoms with E-state index in [1.54, 1.807) is 12.1 Å². The first-order valence-electron chi connectivity index (χ1n) is 17.4. The summed E-state index contributed by atoms with van der Waals surface area (Å²) in [5.41, 5.74) is 2.45. The molecule has 3 heterocycles. The molecule has 0 spiro atoms. The van der Waals surface area contributed by atoms with Crippen molar-refractivity contribution in [2.45, 2.75) is 76.4 Å². The lowest BCUT2D eigenvalue weighted by Crippen LogP contribution is -2.57. The van der Waals surface area contributed by atoms with Crippen molar-refractivity contribution in [1.82, 2.24) is 9.80 Å². The minimum atomic E-state index is -0.976. The number of rotatable bonds is 5. The highest BCUT2D eigenvalue weighted by molar-refractivity contribution is 7.21. The van der Waals surface area contributed by atoms with Crippen LogP contribution in [0.3, 0.4) is 0 Å². The molecule has 3 aliphatic carbocycles. The number of β-amino-alcohol motifs (C(OH)–C–C–N with tert-alkyl or cyclic N) is 1. The molecule has 8 heteroatoms. The third-order valence-electron chi connectivity index (χ3n) is 11.4. The monoisotopic (exact) mass is 666 g/mol. The summed E-state index contributed by atoms with van der Waals surface area (Å²) in [6.45, 7) is 7.43. The number of fused-ring (bicyclic) bond motifs is 9. The van der Waals surface area contributed by atoms with Crippen molar-refractivity contribution >= 4 is 33.1 Å². The lowest BCUT2D eigenvalue weighted by molar-refractivity contribution is -0.0876. The van der Waals surface area contributed by atoms with Crippen LogP contribution in [0, 0.1) is 5.41 Å². The number of nitrogens with zero attached hydrogens (tertiary/aromatic N) is 2. The molecule has 4 aromatic rings. The fourth-order valence-electron chi connectivity index (χ4n) is 8.46. The van der Waals surface area contributed by atoms with Gasteiger partial charge in [-0.25, -0.2) is 0 Å². The van der Waals surface area contributed by atoms with Crippen LogP contribution in [-0.4, -0.2) is 76.1 Å². The van der Waals surface area contributed by atoms with Crippen LogP contribution in [0.5, 0.6) is 0 Å². The van der Waals surface area contributed by atoms with Crippen LogP contribution in [0.25, 0.3) is 10.1 Å². The Hall–Kier alpha value is -3.56. The molecule has 0 unspecified atom stereocenters. The van der Waals surface area contributed by atoms with Gasteiger partial charge in [0.05, 0.1) is 22.8 Å². The quantitative estimate of drug-likeness (QED) is 0.173. The third kappa shape index (κ3) is 6.31. The minimum absolute atomic E-state index is 0.0144. The van der Waals surface area contributed by atoms with E-state index in [0.717, 1.165) is 46.9 Å². The van der Waals surface area contributed by atoms with E-state index in [4.69, 9.17) is 4.42 Å².